The lowest BCUT2D eigenvalue weighted by atomic mass is 9.82. The fraction of sp³-hybridized carbons (Fsp3) is 0.533. The number of halogens is 1. The highest BCUT2D eigenvalue weighted by molar-refractivity contribution is 9.10. The van der Waals surface area contributed by atoms with Gasteiger partial charge in [0, 0.05) is 0 Å². The molecule has 1 unspecified atom stereocenters. The first-order valence-corrected chi connectivity index (χ1v) is 7.17. The van der Waals surface area contributed by atoms with E-state index in [1.54, 1.807) is 0 Å². The number of hydrogen-bond acceptors (Lipinski definition) is 2. The highest BCUT2D eigenvalue weighted by Crippen LogP contribution is 2.27. The van der Waals surface area contributed by atoms with Gasteiger partial charge in [0.2, 0.25) is 0 Å². The van der Waals surface area contributed by atoms with E-state index in [0.29, 0.717) is 13.0 Å². The minimum Gasteiger partial charge on any atom is -0.465 e. The molecule has 2 nitrogen and oxygen atoms in total. The molecule has 3 heteroatoms. The van der Waals surface area contributed by atoms with Crippen LogP contribution in [0.25, 0.3) is 0 Å². The highest BCUT2D eigenvalue weighted by Gasteiger charge is 2.22. The van der Waals surface area contributed by atoms with Gasteiger partial charge in [-0.05, 0) is 29.9 Å². The molecular formula is C15H21BrO2. The fourth-order valence-electron chi connectivity index (χ4n) is 1.94. The Balaban J connectivity index is 2.88. The van der Waals surface area contributed by atoms with Crippen molar-refractivity contribution in [3.05, 3.63) is 35.4 Å². The molecule has 1 aromatic carbocycles. The van der Waals surface area contributed by atoms with Crippen LogP contribution < -0.4 is 0 Å². The number of esters is 1. The molecule has 0 aliphatic carbocycles. The van der Waals surface area contributed by atoms with Crippen molar-refractivity contribution in [1.82, 2.24) is 0 Å². The van der Waals surface area contributed by atoms with Crippen LogP contribution in [0.15, 0.2) is 24.3 Å². The third kappa shape index (κ3) is 4.13. The molecule has 0 saturated carbocycles. The zero-order valence-corrected chi connectivity index (χ0v) is 13.1. The Hall–Kier alpha value is -0.830. The third-order valence-corrected chi connectivity index (χ3v) is 3.46. The summed E-state index contributed by atoms with van der Waals surface area (Å²) in [7, 11) is 0. The number of carbonyl (C=O) groups is 1. The van der Waals surface area contributed by atoms with E-state index < -0.39 is 0 Å². The summed E-state index contributed by atoms with van der Waals surface area (Å²) in [6, 6.07) is 8.25. The van der Waals surface area contributed by atoms with Crippen molar-refractivity contribution in [2.45, 2.75) is 44.4 Å². The summed E-state index contributed by atoms with van der Waals surface area (Å²) < 4.78 is 5.02. The first kappa shape index (κ1) is 15.2. The fourth-order valence-corrected chi connectivity index (χ4v) is 2.42. The summed E-state index contributed by atoms with van der Waals surface area (Å²) in [5.41, 5.74) is 2.55. The van der Waals surface area contributed by atoms with Crippen molar-refractivity contribution in [1.29, 1.82) is 0 Å². The van der Waals surface area contributed by atoms with Crippen LogP contribution in [0.2, 0.25) is 0 Å². The average molecular weight is 313 g/mol. The van der Waals surface area contributed by atoms with Crippen LogP contribution in [-0.2, 0) is 21.4 Å². The van der Waals surface area contributed by atoms with E-state index in [2.05, 4.69) is 48.8 Å². The molecule has 0 amide bonds. The van der Waals surface area contributed by atoms with Crippen LogP contribution >= 0.6 is 15.9 Å². The molecule has 0 spiro atoms. The summed E-state index contributed by atoms with van der Waals surface area (Å²) in [5, 5.41) is 0. The molecule has 0 aliphatic rings. The second-order valence-corrected chi connectivity index (χ2v) is 6.44. The quantitative estimate of drug-likeness (QED) is 0.623. The standard InChI is InChI=1S/C15H21BrO2/c1-5-18-14(17)13(16)10-11-8-6-7-9-12(11)15(2,3)4/h6-9,13H,5,10H2,1-4H3. The Bertz CT molecular complexity index is 407. The van der Waals surface area contributed by atoms with E-state index in [9.17, 15) is 4.79 Å². The lowest BCUT2D eigenvalue weighted by molar-refractivity contribution is -0.142. The van der Waals surface area contributed by atoms with Crippen LogP contribution in [0.1, 0.15) is 38.8 Å². The van der Waals surface area contributed by atoms with Gasteiger partial charge in [0.05, 0.1) is 6.61 Å². The molecule has 1 aromatic rings. The van der Waals surface area contributed by atoms with Crippen molar-refractivity contribution in [2.75, 3.05) is 6.61 Å². The third-order valence-electron chi connectivity index (χ3n) is 2.77. The second kappa shape index (κ2) is 6.37. The predicted molar refractivity (Wildman–Crippen MR) is 78.2 cm³/mol. The predicted octanol–water partition coefficient (Wildman–Crippen LogP) is 3.85. The Kier molecular flexibility index (Phi) is 5.39. The van der Waals surface area contributed by atoms with Crippen molar-refractivity contribution >= 4 is 21.9 Å². The molecule has 0 N–H and O–H groups in total. The molecule has 100 valence electrons. The zero-order valence-electron chi connectivity index (χ0n) is 11.5. The number of hydrogen-bond donors (Lipinski definition) is 0. The van der Waals surface area contributed by atoms with Crippen LogP contribution in [0, 0.1) is 0 Å². The van der Waals surface area contributed by atoms with Gasteiger partial charge in [0.15, 0.2) is 0 Å². The molecular weight excluding hydrogens is 292 g/mol. The first-order valence-electron chi connectivity index (χ1n) is 6.25. The van der Waals surface area contributed by atoms with Crippen molar-refractivity contribution in [3.63, 3.8) is 0 Å². The Morgan fingerprint density at radius 1 is 1.33 bits per heavy atom. The number of carbonyl (C=O) groups excluding carboxylic acids is 1. The van der Waals surface area contributed by atoms with Gasteiger partial charge in [0.25, 0.3) is 0 Å². The van der Waals surface area contributed by atoms with Gasteiger partial charge in [-0.3, -0.25) is 4.79 Å². The smallest absolute Gasteiger partial charge is 0.320 e. The number of alkyl halides is 1. The molecule has 1 rings (SSSR count). The van der Waals surface area contributed by atoms with Gasteiger partial charge >= 0.3 is 5.97 Å². The van der Waals surface area contributed by atoms with Gasteiger partial charge in [-0.25, -0.2) is 0 Å². The van der Waals surface area contributed by atoms with E-state index in [-0.39, 0.29) is 16.2 Å². The molecule has 0 saturated heterocycles. The second-order valence-electron chi connectivity index (χ2n) is 5.33. The minimum absolute atomic E-state index is 0.0813. The number of benzene rings is 1. The summed E-state index contributed by atoms with van der Waals surface area (Å²) >= 11 is 3.41. The molecule has 0 heterocycles. The SMILES string of the molecule is CCOC(=O)C(Br)Cc1ccccc1C(C)(C)C. The van der Waals surface area contributed by atoms with Crippen LogP contribution in [0.3, 0.4) is 0 Å². The van der Waals surface area contributed by atoms with Crippen LogP contribution in [0.5, 0.6) is 0 Å². The lowest BCUT2D eigenvalue weighted by Gasteiger charge is -2.23. The molecule has 18 heavy (non-hydrogen) atoms. The molecule has 0 aromatic heterocycles. The average Bonchev–Trinajstić information content (AvgIpc) is 2.28. The Morgan fingerprint density at radius 3 is 2.50 bits per heavy atom. The van der Waals surface area contributed by atoms with E-state index in [0.717, 1.165) is 0 Å². The molecule has 0 fully saturated rings. The van der Waals surface area contributed by atoms with Gasteiger partial charge in [-0.2, -0.15) is 0 Å². The highest BCUT2D eigenvalue weighted by atomic mass is 79.9. The summed E-state index contributed by atoms with van der Waals surface area (Å²) in [6.07, 6.45) is 0.659. The van der Waals surface area contributed by atoms with E-state index in [1.165, 1.54) is 11.1 Å². The monoisotopic (exact) mass is 312 g/mol. The van der Waals surface area contributed by atoms with Crippen LogP contribution in [-0.4, -0.2) is 17.4 Å². The number of ether oxygens (including phenoxy) is 1. The maximum atomic E-state index is 11.6. The topological polar surface area (TPSA) is 26.3 Å². The van der Waals surface area contributed by atoms with Crippen molar-refractivity contribution in [2.24, 2.45) is 0 Å². The summed E-state index contributed by atoms with van der Waals surface area (Å²) in [4.78, 5) is 11.4. The van der Waals surface area contributed by atoms with Gasteiger partial charge in [-0.1, -0.05) is 61.0 Å². The first-order chi connectivity index (χ1) is 8.36. The maximum Gasteiger partial charge on any atom is 0.320 e. The Labute approximate surface area is 118 Å². The lowest BCUT2D eigenvalue weighted by Crippen LogP contribution is -2.22. The Morgan fingerprint density at radius 2 is 1.94 bits per heavy atom. The van der Waals surface area contributed by atoms with E-state index >= 15 is 0 Å². The van der Waals surface area contributed by atoms with Crippen LogP contribution in [0.4, 0.5) is 0 Å². The molecule has 0 bridgehead atoms. The summed E-state index contributed by atoms with van der Waals surface area (Å²) in [5.74, 6) is -0.193. The van der Waals surface area contributed by atoms with Gasteiger partial charge in [0.1, 0.15) is 4.83 Å². The molecule has 0 radical (unpaired) electrons. The maximum absolute atomic E-state index is 11.6. The zero-order chi connectivity index (χ0) is 13.8. The van der Waals surface area contributed by atoms with Gasteiger partial charge < -0.3 is 4.74 Å². The largest absolute Gasteiger partial charge is 0.465 e. The molecule has 0 aliphatic heterocycles. The van der Waals surface area contributed by atoms with Gasteiger partial charge in [-0.15, -0.1) is 0 Å². The van der Waals surface area contributed by atoms with E-state index in [1.807, 2.05) is 19.1 Å². The molecule has 1 atom stereocenters. The van der Waals surface area contributed by atoms with Crippen molar-refractivity contribution < 1.29 is 9.53 Å². The van der Waals surface area contributed by atoms with E-state index in [4.69, 9.17) is 4.74 Å². The number of rotatable bonds is 4. The van der Waals surface area contributed by atoms with Crippen molar-refractivity contribution in [3.8, 4) is 0 Å². The minimum atomic E-state index is -0.277. The summed E-state index contributed by atoms with van der Waals surface area (Å²) in [6.45, 7) is 8.78. The normalized spacial score (nSPS) is 13.2.